The van der Waals surface area contributed by atoms with E-state index in [-0.39, 0.29) is 23.5 Å². The van der Waals surface area contributed by atoms with Gasteiger partial charge >= 0.3 is 0 Å². The third kappa shape index (κ3) is 3.52. The van der Waals surface area contributed by atoms with Crippen LogP contribution in [0.3, 0.4) is 0 Å². The summed E-state index contributed by atoms with van der Waals surface area (Å²) in [5.74, 6) is -0.0543. The highest BCUT2D eigenvalue weighted by Gasteiger charge is 2.26. The molecule has 1 atom stereocenters. The number of nitrogens with two attached hydrogens (primary N) is 1. The van der Waals surface area contributed by atoms with Gasteiger partial charge in [-0.05, 0) is 37.5 Å². The van der Waals surface area contributed by atoms with Gasteiger partial charge in [0.25, 0.3) is 5.91 Å². The fourth-order valence-electron chi connectivity index (χ4n) is 2.34. The second-order valence-electron chi connectivity index (χ2n) is 5.09. The van der Waals surface area contributed by atoms with Gasteiger partial charge in [-0.25, -0.2) is 8.42 Å². The van der Waals surface area contributed by atoms with Gasteiger partial charge in [-0.2, -0.15) is 0 Å². The molecule has 110 valence electrons. The minimum atomic E-state index is -3.03. The minimum Gasteiger partial charge on any atom is -0.398 e. The first kappa shape index (κ1) is 15.3. The fourth-order valence-corrected chi connectivity index (χ4v) is 4.45. The molecule has 1 saturated heterocycles. The van der Waals surface area contributed by atoms with Crippen molar-refractivity contribution in [2.45, 2.75) is 25.8 Å². The van der Waals surface area contributed by atoms with Crippen molar-refractivity contribution >= 4 is 37.4 Å². The summed E-state index contributed by atoms with van der Waals surface area (Å²) in [6.07, 6.45) is 1.28. The number of rotatable bonds is 2. The van der Waals surface area contributed by atoms with Gasteiger partial charge in [0.1, 0.15) is 0 Å². The Labute approximate surface area is 127 Å². The number of sulfone groups is 1. The van der Waals surface area contributed by atoms with E-state index in [4.69, 9.17) is 5.73 Å². The maximum absolute atomic E-state index is 12.3. The third-order valence-electron chi connectivity index (χ3n) is 3.46. The van der Waals surface area contributed by atoms with E-state index in [1.165, 1.54) is 0 Å². The molecule has 2 rings (SSSR count). The number of carbonyl (C=O) groups is 1. The lowest BCUT2D eigenvalue weighted by Gasteiger charge is -2.23. The van der Waals surface area contributed by atoms with Crippen LogP contribution in [0.2, 0.25) is 0 Å². The van der Waals surface area contributed by atoms with Crippen LogP contribution in [0.5, 0.6) is 0 Å². The molecule has 1 fully saturated rings. The lowest BCUT2D eigenvalue weighted by molar-refractivity contribution is 0.0937. The topological polar surface area (TPSA) is 89.3 Å². The number of hydrogen-bond acceptors (Lipinski definition) is 4. The van der Waals surface area contributed by atoms with Gasteiger partial charge in [0, 0.05) is 21.8 Å². The zero-order valence-electron chi connectivity index (χ0n) is 11.1. The molecule has 0 saturated carbocycles. The SMILES string of the molecule is Cc1c(N)cc(Br)cc1C(=O)NC1CCCS(=O)(=O)C1. The molecule has 0 aromatic heterocycles. The molecular weight excluding hydrogens is 344 g/mol. The van der Waals surface area contributed by atoms with Crippen molar-refractivity contribution in [3.63, 3.8) is 0 Å². The van der Waals surface area contributed by atoms with Crippen molar-refractivity contribution in [2.24, 2.45) is 0 Å². The molecule has 5 nitrogen and oxygen atoms in total. The molecule has 1 aromatic carbocycles. The summed E-state index contributed by atoms with van der Waals surface area (Å²) in [6.45, 7) is 1.77. The number of nitrogen functional groups attached to an aromatic ring is 1. The van der Waals surface area contributed by atoms with Gasteiger partial charge in [0.15, 0.2) is 9.84 Å². The summed E-state index contributed by atoms with van der Waals surface area (Å²) >= 11 is 3.30. The molecular formula is C13H17BrN2O3S. The highest BCUT2D eigenvalue weighted by Crippen LogP contribution is 2.23. The molecule has 1 amide bonds. The highest BCUT2D eigenvalue weighted by molar-refractivity contribution is 9.10. The zero-order valence-corrected chi connectivity index (χ0v) is 13.6. The van der Waals surface area contributed by atoms with Crippen molar-refractivity contribution in [3.05, 3.63) is 27.7 Å². The van der Waals surface area contributed by atoms with Crippen LogP contribution in [0, 0.1) is 6.92 Å². The number of amides is 1. The van der Waals surface area contributed by atoms with Gasteiger partial charge in [-0.15, -0.1) is 0 Å². The standard InChI is InChI=1S/C13H17BrN2O3S/c1-8-11(5-9(14)6-12(8)15)13(17)16-10-3-2-4-20(18,19)7-10/h5-6,10H,2-4,7,15H2,1H3,(H,16,17). The maximum atomic E-state index is 12.3. The van der Waals surface area contributed by atoms with Gasteiger partial charge in [0.2, 0.25) is 0 Å². The van der Waals surface area contributed by atoms with Crippen molar-refractivity contribution in [1.82, 2.24) is 5.32 Å². The Morgan fingerprint density at radius 1 is 1.45 bits per heavy atom. The van der Waals surface area contributed by atoms with E-state index in [1.807, 2.05) is 0 Å². The van der Waals surface area contributed by atoms with Crippen LogP contribution < -0.4 is 11.1 Å². The van der Waals surface area contributed by atoms with E-state index < -0.39 is 9.84 Å². The molecule has 0 spiro atoms. The first-order valence-corrected chi connectivity index (χ1v) is 8.97. The number of anilines is 1. The van der Waals surface area contributed by atoms with E-state index in [0.29, 0.717) is 29.7 Å². The molecule has 1 unspecified atom stereocenters. The quantitative estimate of drug-likeness (QED) is 0.784. The Balaban J connectivity index is 2.17. The Morgan fingerprint density at radius 3 is 2.80 bits per heavy atom. The summed E-state index contributed by atoms with van der Waals surface area (Å²) in [4.78, 5) is 12.3. The Morgan fingerprint density at radius 2 is 2.15 bits per heavy atom. The first-order chi connectivity index (χ1) is 9.28. The number of halogens is 1. The van der Waals surface area contributed by atoms with E-state index in [1.54, 1.807) is 19.1 Å². The van der Waals surface area contributed by atoms with Crippen LogP contribution in [-0.4, -0.2) is 31.9 Å². The smallest absolute Gasteiger partial charge is 0.251 e. The predicted molar refractivity (Wildman–Crippen MR) is 82.4 cm³/mol. The van der Waals surface area contributed by atoms with Crippen molar-refractivity contribution in [3.8, 4) is 0 Å². The molecule has 20 heavy (non-hydrogen) atoms. The highest BCUT2D eigenvalue weighted by atomic mass is 79.9. The molecule has 0 aliphatic carbocycles. The summed E-state index contributed by atoms with van der Waals surface area (Å²) in [6, 6.07) is 3.11. The predicted octanol–water partition coefficient (Wildman–Crippen LogP) is 1.65. The first-order valence-electron chi connectivity index (χ1n) is 6.35. The number of carbonyl (C=O) groups excluding carboxylic acids is 1. The van der Waals surface area contributed by atoms with Gasteiger partial charge < -0.3 is 11.1 Å². The van der Waals surface area contributed by atoms with Gasteiger partial charge in [0.05, 0.1) is 11.5 Å². The van der Waals surface area contributed by atoms with E-state index in [0.717, 1.165) is 4.47 Å². The zero-order chi connectivity index (χ0) is 14.9. The molecule has 3 N–H and O–H groups in total. The molecule has 1 aromatic rings. The monoisotopic (exact) mass is 360 g/mol. The Kier molecular flexibility index (Phi) is 4.39. The average molecular weight is 361 g/mol. The molecule has 7 heteroatoms. The van der Waals surface area contributed by atoms with E-state index >= 15 is 0 Å². The van der Waals surface area contributed by atoms with Crippen LogP contribution in [0.1, 0.15) is 28.8 Å². The van der Waals surface area contributed by atoms with Gasteiger partial charge in [-0.3, -0.25) is 4.79 Å². The number of benzene rings is 1. The lowest BCUT2D eigenvalue weighted by Crippen LogP contribution is -2.43. The number of nitrogens with one attached hydrogen (secondary N) is 1. The van der Waals surface area contributed by atoms with Crippen molar-refractivity contribution < 1.29 is 13.2 Å². The Hall–Kier alpha value is -1.08. The van der Waals surface area contributed by atoms with Crippen LogP contribution >= 0.6 is 15.9 Å². The second-order valence-corrected chi connectivity index (χ2v) is 8.24. The second kappa shape index (κ2) is 5.73. The molecule has 1 aliphatic rings. The third-order valence-corrected chi connectivity index (χ3v) is 5.73. The van der Waals surface area contributed by atoms with Crippen molar-refractivity contribution in [1.29, 1.82) is 0 Å². The van der Waals surface area contributed by atoms with E-state index in [2.05, 4.69) is 21.2 Å². The lowest BCUT2D eigenvalue weighted by atomic mass is 10.1. The van der Waals surface area contributed by atoms with Crippen molar-refractivity contribution in [2.75, 3.05) is 17.2 Å². The Bertz CT molecular complexity index is 643. The summed E-state index contributed by atoms with van der Waals surface area (Å²) in [7, 11) is -3.03. The molecule has 0 radical (unpaired) electrons. The summed E-state index contributed by atoms with van der Waals surface area (Å²) in [5.41, 5.74) is 7.53. The molecule has 0 bridgehead atoms. The van der Waals surface area contributed by atoms with Crippen LogP contribution in [0.25, 0.3) is 0 Å². The van der Waals surface area contributed by atoms with Crippen LogP contribution in [-0.2, 0) is 9.84 Å². The average Bonchev–Trinajstić information content (AvgIpc) is 2.32. The minimum absolute atomic E-state index is 0.0152. The van der Waals surface area contributed by atoms with Gasteiger partial charge in [-0.1, -0.05) is 15.9 Å². The largest absolute Gasteiger partial charge is 0.398 e. The fraction of sp³-hybridized carbons (Fsp3) is 0.462. The summed E-state index contributed by atoms with van der Waals surface area (Å²) < 4.78 is 23.9. The molecule has 1 aliphatic heterocycles. The summed E-state index contributed by atoms with van der Waals surface area (Å²) in [5, 5.41) is 2.79. The normalized spacial score (nSPS) is 21.4. The molecule has 1 heterocycles. The number of hydrogen-bond donors (Lipinski definition) is 2. The maximum Gasteiger partial charge on any atom is 0.251 e. The van der Waals surface area contributed by atoms with Crippen LogP contribution in [0.15, 0.2) is 16.6 Å². The van der Waals surface area contributed by atoms with E-state index in [9.17, 15) is 13.2 Å². The van der Waals surface area contributed by atoms with Crippen LogP contribution in [0.4, 0.5) is 5.69 Å².